The van der Waals surface area contributed by atoms with Crippen molar-refractivity contribution in [1.29, 1.82) is 0 Å². The van der Waals surface area contributed by atoms with Gasteiger partial charge in [0, 0.05) is 29.6 Å². The number of rotatable bonds is 3. The number of phenols is 1. The standard InChI is InChI=1S/C25H27FN2O2/c26-21-6-2-5-18-19-10-16-13-28(8-7-14(16)11-22(19)27-24(18)21)25(20-12-23(20)30)15-3-1-4-17(29)9-15/h1-6,9,14,16,20,23,25,27,29-30H,7-8,10-13H2. The van der Waals surface area contributed by atoms with Gasteiger partial charge in [-0.1, -0.05) is 24.3 Å². The van der Waals surface area contributed by atoms with Crippen LogP contribution in [0.2, 0.25) is 0 Å². The summed E-state index contributed by atoms with van der Waals surface area (Å²) in [4.78, 5) is 5.89. The van der Waals surface area contributed by atoms with Gasteiger partial charge in [0.25, 0.3) is 0 Å². The lowest BCUT2D eigenvalue weighted by atomic mass is 9.73. The van der Waals surface area contributed by atoms with Crippen LogP contribution in [0.5, 0.6) is 5.75 Å². The molecule has 0 spiro atoms. The van der Waals surface area contributed by atoms with Crippen molar-refractivity contribution in [2.24, 2.45) is 17.8 Å². The molecule has 3 N–H and O–H groups in total. The van der Waals surface area contributed by atoms with Crippen LogP contribution in [0.4, 0.5) is 4.39 Å². The number of aliphatic hydroxyl groups is 1. The SMILES string of the molecule is Oc1cccc(C(C2CC2O)N2CCC3Cc4[nH]c5c(F)cccc5c4CC3C2)c1. The molecule has 2 aliphatic carbocycles. The number of para-hydroxylation sites is 1. The number of benzene rings is 2. The molecule has 1 saturated carbocycles. The minimum Gasteiger partial charge on any atom is -0.508 e. The minimum absolute atomic E-state index is 0.148. The number of aromatic nitrogens is 1. The van der Waals surface area contributed by atoms with Crippen LogP contribution in [-0.2, 0) is 12.8 Å². The van der Waals surface area contributed by atoms with Gasteiger partial charge in [0.2, 0.25) is 0 Å². The number of hydrogen-bond donors (Lipinski definition) is 3. The summed E-state index contributed by atoms with van der Waals surface area (Å²) >= 11 is 0. The Hall–Kier alpha value is -2.37. The second-order valence-corrected chi connectivity index (χ2v) is 9.46. The van der Waals surface area contributed by atoms with E-state index in [9.17, 15) is 14.6 Å². The Morgan fingerprint density at radius 1 is 1.10 bits per heavy atom. The van der Waals surface area contributed by atoms with E-state index in [0.717, 1.165) is 49.7 Å². The van der Waals surface area contributed by atoms with E-state index < -0.39 is 0 Å². The van der Waals surface area contributed by atoms with E-state index in [2.05, 4.69) is 16.0 Å². The van der Waals surface area contributed by atoms with Crippen molar-refractivity contribution in [2.45, 2.75) is 37.8 Å². The number of nitrogens with one attached hydrogen (secondary N) is 1. The molecule has 30 heavy (non-hydrogen) atoms. The van der Waals surface area contributed by atoms with Crippen LogP contribution < -0.4 is 0 Å². The average molecular weight is 407 g/mol. The monoisotopic (exact) mass is 406 g/mol. The number of H-pyrrole nitrogens is 1. The fourth-order valence-corrected chi connectivity index (χ4v) is 6.06. The van der Waals surface area contributed by atoms with Gasteiger partial charge >= 0.3 is 0 Å². The van der Waals surface area contributed by atoms with E-state index in [-0.39, 0.29) is 29.6 Å². The predicted molar refractivity (Wildman–Crippen MR) is 114 cm³/mol. The van der Waals surface area contributed by atoms with Gasteiger partial charge in [-0.05, 0) is 73.4 Å². The number of nitrogens with zero attached hydrogens (tertiary/aromatic N) is 1. The van der Waals surface area contributed by atoms with Gasteiger partial charge in [-0.25, -0.2) is 4.39 Å². The van der Waals surface area contributed by atoms with Crippen molar-refractivity contribution in [3.05, 3.63) is 65.1 Å². The summed E-state index contributed by atoms with van der Waals surface area (Å²) < 4.78 is 14.3. The first-order valence-corrected chi connectivity index (χ1v) is 11.1. The average Bonchev–Trinajstić information content (AvgIpc) is 3.32. The maximum atomic E-state index is 14.3. The molecule has 5 heteroatoms. The largest absolute Gasteiger partial charge is 0.508 e. The summed E-state index contributed by atoms with van der Waals surface area (Å²) in [7, 11) is 0. The number of fused-ring (bicyclic) bond motifs is 4. The quantitative estimate of drug-likeness (QED) is 0.612. The van der Waals surface area contributed by atoms with Crippen LogP contribution in [0.3, 0.4) is 0 Å². The van der Waals surface area contributed by atoms with E-state index in [1.807, 2.05) is 18.2 Å². The van der Waals surface area contributed by atoms with E-state index >= 15 is 0 Å². The molecule has 0 bridgehead atoms. The van der Waals surface area contributed by atoms with E-state index in [0.29, 0.717) is 17.4 Å². The Kier molecular flexibility index (Phi) is 4.19. The van der Waals surface area contributed by atoms with Gasteiger partial charge in [0.05, 0.1) is 11.6 Å². The van der Waals surface area contributed by atoms with Gasteiger partial charge in [0.1, 0.15) is 11.6 Å². The molecule has 0 amide bonds. The van der Waals surface area contributed by atoms with E-state index in [4.69, 9.17) is 0 Å². The van der Waals surface area contributed by atoms with Crippen molar-refractivity contribution in [3.63, 3.8) is 0 Å². The number of aliphatic hydroxyl groups excluding tert-OH is 1. The molecule has 156 valence electrons. The van der Waals surface area contributed by atoms with Gasteiger partial charge in [-0.2, -0.15) is 0 Å². The van der Waals surface area contributed by atoms with Crippen LogP contribution in [0.25, 0.3) is 10.9 Å². The van der Waals surface area contributed by atoms with Crippen LogP contribution in [-0.4, -0.2) is 39.3 Å². The second-order valence-electron chi connectivity index (χ2n) is 9.46. The Morgan fingerprint density at radius 2 is 1.93 bits per heavy atom. The van der Waals surface area contributed by atoms with Crippen molar-refractivity contribution in [1.82, 2.24) is 9.88 Å². The first-order chi connectivity index (χ1) is 14.6. The molecule has 3 aliphatic rings. The Labute approximate surface area is 175 Å². The fourth-order valence-electron chi connectivity index (χ4n) is 6.06. The fraction of sp³-hybridized carbons (Fsp3) is 0.440. The molecular formula is C25H27FN2O2. The van der Waals surface area contributed by atoms with Crippen LogP contribution in [0.1, 0.15) is 35.7 Å². The molecule has 5 atom stereocenters. The second kappa shape index (κ2) is 6.82. The molecule has 3 aromatic rings. The first kappa shape index (κ1) is 18.4. The van der Waals surface area contributed by atoms with E-state index in [1.54, 1.807) is 12.1 Å². The summed E-state index contributed by atoms with van der Waals surface area (Å²) in [6.45, 7) is 1.98. The molecule has 1 aromatic heterocycles. The molecule has 0 radical (unpaired) electrons. The molecule has 5 unspecified atom stereocenters. The first-order valence-electron chi connectivity index (χ1n) is 11.1. The van der Waals surface area contributed by atoms with Crippen LogP contribution in [0.15, 0.2) is 42.5 Å². The third kappa shape index (κ3) is 2.95. The smallest absolute Gasteiger partial charge is 0.147 e. The highest BCUT2D eigenvalue weighted by atomic mass is 19.1. The van der Waals surface area contributed by atoms with Crippen molar-refractivity contribution in [3.8, 4) is 5.75 Å². The van der Waals surface area contributed by atoms with Crippen LogP contribution in [0, 0.1) is 23.6 Å². The zero-order valence-electron chi connectivity index (χ0n) is 16.9. The molecule has 1 saturated heterocycles. The molecule has 1 aliphatic heterocycles. The van der Waals surface area contributed by atoms with Crippen molar-refractivity contribution in [2.75, 3.05) is 13.1 Å². The summed E-state index contributed by atoms with van der Waals surface area (Å²) in [5.74, 6) is 1.50. The lowest BCUT2D eigenvalue weighted by Gasteiger charge is -2.44. The normalized spacial score (nSPS) is 29.4. The maximum absolute atomic E-state index is 14.3. The molecule has 6 rings (SSSR count). The molecular weight excluding hydrogens is 379 g/mol. The number of aromatic hydroxyl groups is 1. The molecule has 2 fully saturated rings. The summed E-state index contributed by atoms with van der Waals surface area (Å²) in [5.41, 5.74) is 4.25. The number of phenolic OH excluding ortho intramolecular Hbond substituents is 1. The predicted octanol–water partition coefficient (Wildman–Crippen LogP) is 4.17. The highest BCUT2D eigenvalue weighted by molar-refractivity contribution is 5.85. The Morgan fingerprint density at radius 3 is 2.73 bits per heavy atom. The van der Waals surface area contributed by atoms with Gasteiger partial charge in [0.15, 0.2) is 0 Å². The Bertz CT molecular complexity index is 1110. The lowest BCUT2D eigenvalue weighted by molar-refractivity contribution is 0.0583. The summed E-state index contributed by atoms with van der Waals surface area (Å²) in [6.07, 6.45) is 3.66. The number of likely N-dealkylation sites (tertiary alicyclic amines) is 1. The van der Waals surface area contributed by atoms with Gasteiger partial charge < -0.3 is 15.2 Å². The number of piperidine rings is 1. The lowest BCUT2D eigenvalue weighted by Crippen LogP contribution is -2.46. The summed E-state index contributed by atoms with van der Waals surface area (Å²) in [6, 6.07) is 13.0. The third-order valence-electron chi connectivity index (χ3n) is 7.65. The third-order valence-corrected chi connectivity index (χ3v) is 7.65. The minimum atomic E-state index is -0.246. The number of halogens is 1. The van der Waals surface area contributed by atoms with Crippen molar-refractivity contribution >= 4 is 10.9 Å². The highest BCUT2D eigenvalue weighted by Crippen LogP contribution is 2.48. The van der Waals surface area contributed by atoms with E-state index in [1.165, 1.54) is 17.3 Å². The zero-order chi connectivity index (χ0) is 20.4. The van der Waals surface area contributed by atoms with Gasteiger partial charge in [-0.3, -0.25) is 4.90 Å². The number of aromatic amines is 1. The Balaban J connectivity index is 1.30. The molecule has 2 aromatic carbocycles. The van der Waals surface area contributed by atoms with Crippen molar-refractivity contribution < 1.29 is 14.6 Å². The molecule has 2 heterocycles. The topological polar surface area (TPSA) is 59.5 Å². The maximum Gasteiger partial charge on any atom is 0.147 e. The molecule has 4 nitrogen and oxygen atoms in total. The van der Waals surface area contributed by atoms with Gasteiger partial charge in [-0.15, -0.1) is 0 Å². The summed E-state index contributed by atoms with van der Waals surface area (Å²) in [5, 5.41) is 21.2. The zero-order valence-corrected chi connectivity index (χ0v) is 16.9. The highest BCUT2D eigenvalue weighted by Gasteiger charge is 2.47. The van der Waals surface area contributed by atoms with Crippen LogP contribution >= 0.6 is 0 Å². The number of hydrogen-bond acceptors (Lipinski definition) is 3.